The smallest absolute Gasteiger partial charge is 0.327 e. The Kier molecular flexibility index (Phi) is 17.0. The molecule has 2 saturated heterocycles. The molecule has 0 bridgehead atoms. The van der Waals surface area contributed by atoms with E-state index in [-0.39, 0.29) is 11.3 Å². The van der Waals surface area contributed by atoms with E-state index in [1.807, 2.05) is 6.07 Å². The van der Waals surface area contributed by atoms with E-state index >= 15 is 0 Å². The molecule has 3 rings (SSSR count). The topological polar surface area (TPSA) is 139 Å². The van der Waals surface area contributed by atoms with Crippen LogP contribution in [0.2, 0.25) is 0 Å². The summed E-state index contributed by atoms with van der Waals surface area (Å²) in [5, 5.41) is 11.7. The van der Waals surface area contributed by atoms with E-state index in [0.717, 1.165) is 6.54 Å². The molecule has 0 aliphatic carbocycles. The van der Waals surface area contributed by atoms with Gasteiger partial charge >= 0.3 is 5.97 Å². The molecule has 2 fully saturated rings. The first-order chi connectivity index (χ1) is 20.7. The molecule has 8 nitrogen and oxygen atoms in total. The fraction of sp³-hybridized carbons (Fsp3) is 0.676. The summed E-state index contributed by atoms with van der Waals surface area (Å²) in [4.78, 5) is 37.5. The van der Waals surface area contributed by atoms with Crippen molar-refractivity contribution in [2.75, 3.05) is 6.54 Å². The van der Waals surface area contributed by atoms with Crippen LogP contribution in [0.5, 0.6) is 0 Å². The second-order valence-electron chi connectivity index (χ2n) is 12.2. The molecule has 6 N–H and O–H groups in total. The van der Waals surface area contributed by atoms with Gasteiger partial charge in [0.25, 0.3) is 0 Å². The van der Waals surface area contributed by atoms with Gasteiger partial charge in [-0.3, -0.25) is 9.59 Å². The fourth-order valence-corrected chi connectivity index (χ4v) is 7.22. The predicted molar refractivity (Wildman–Crippen MR) is 178 cm³/mol. The third kappa shape index (κ3) is 11.9. The maximum Gasteiger partial charge on any atom is 0.327 e. The standard InChI is InChI=1S/C18H37N.C16H19N3O4S/c1-2-3-4-5-6-7-8-9-10-11-12-13-14-15-16-17-18-19;1-16(2)11(15(22)23)19-13(21)10(14(19)24-16)18-12(20)9(17)8-6-4-3-5-7-8/h9-10H,2-8,11-19H2,1H3;3-7,9-11,14H,17H2,1-2H3,(H,18,20)(H,22,23)/b10-9-;/t;9-,10-,11+,14-/m.1/s1. The van der Waals surface area contributed by atoms with Gasteiger partial charge in [0.15, 0.2) is 0 Å². The number of carbonyl (C=O) groups excluding carboxylic acids is 2. The molecule has 2 amide bonds. The van der Waals surface area contributed by atoms with Crippen LogP contribution in [0, 0.1) is 0 Å². The fourth-order valence-electron chi connectivity index (χ4n) is 5.59. The monoisotopic (exact) mass is 616 g/mol. The number of allylic oxidation sites excluding steroid dienone is 2. The van der Waals surface area contributed by atoms with Gasteiger partial charge in [-0.15, -0.1) is 11.8 Å². The third-order valence-electron chi connectivity index (χ3n) is 8.13. The highest BCUT2D eigenvalue weighted by Crippen LogP contribution is 2.50. The molecule has 0 spiro atoms. The minimum atomic E-state index is -1.03. The number of benzene rings is 1. The average molecular weight is 617 g/mol. The first-order valence-electron chi connectivity index (χ1n) is 16.3. The van der Waals surface area contributed by atoms with Crippen molar-refractivity contribution in [3.63, 3.8) is 0 Å². The molecule has 0 radical (unpaired) electrons. The predicted octanol–water partition coefficient (Wildman–Crippen LogP) is 6.30. The summed E-state index contributed by atoms with van der Waals surface area (Å²) in [5.74, 6) is -1.86. The lowest BCUT2D eigenvalue weighted by Gasteiger charge is -2.43. The van der Waals surface area contributed by atoms with E-state index in [0.29, 0.717) is 5.56 Å². The number of rotatable bonds is 19. The van der Waals surface area contributed by atoms with Crippen LogP contribution in [0.1, 0.15) is 122 Å². The van der Waals surface area contributed by atoms with Crippen molar-refractivity contribution < 1.29 is 19.5 Å². The number of hydrogen-bond acceptors (Lipinski definition) is 6. The Morgan fingerprint density at radius 1 is 0.953 bits per heavy atom. The number of carboxylic acid groups (broad SMARTS) is 1. The zero-order valence-corrected chi connectivity index (χ0v) is 27.5. The molecule has 2 aliphatic rings. The SMILES string of the molecule is CC1(C)S[C@@H]2[C@H](NC(=O)[C@H](N)c3ccccc3)C(=O)N2[C@H]1C(=O)O.CCCCCCCC/C=C\CCCCCCCCN. The van der Waals surface area contributed by atoms with Crippen LogP contribution in [0.3, 0.4) is 0 Å². The molecule has 2 aliphatic heterocycles. The highest BCUT2D eigenvalue weighted by molar-refractivity contribution is 8.01. The van der Waals surface area contributed by atoms with Crippen LogP contribution in [0.4, 0.5) is 0 Å². The molecule has 1 aromatic rings. The Morgan fingerprint density at radius 2 is 1.49 bits per heavy atom. The summed E-state index contributed by atoms with van der Waals surface area (Å²) in [5.41, 5.74) is 12.1. The second kappa shape index (κ2) is 19.8. The molecular formula is C34H56N4O4S. The van der Waals surface area contributed by atoms with Crippen LogP contribution in [0.25, 0.3) is 0 Å². The lowest BCUT2D eigenvalue weighted by Crippen LogP contribution is -2.71. The Bertz CT molecular complexity index is 1000. The Morgan fingerprint density at radius 3 is 2.02 bits per heavy atom. The Balaban J connectivity index is 0.000000311. The second-order valence-corrected chi connectivity index (χ2v) is 14.0. The molecule has 4 atom stereocenters. The normalized spacial score (nSPS) is 21.1. The molecular weight excluding hydrogens is 560 g/mol. The number of hydrogen-bond donors (Lipinski definition) is 4. The first kappa shape index (κ1) is 36.8. The van der Waals surface area contributed by atoms with Crippen molar-refractivity contribution in [1.29, 1.82) is 0 Å². The number of nitrogens with one attached hydrogen (secondary N) is 1. The highest BCUT2D eigenvalue weighted by Gasteiger charge is 2.64. The Labute approximate surface area is 263 Å². The zero-order valence-electron chi connectivity index (χ0n) is 26.6. The number of thioether (sulfide) groups is 1. The van der Waals surface area contributed by atoms with Crippen molar-refractivity contribution >= 4 is 29.5 Å². The molecule has 0 aromatic heterocycles. The van der Waals surface area contributed by atoms with Crippen molar-refractivity contribution in [1.82, 2.24) is 10.2 Å². The number of carboxylic acids is 1. The van der Waals surface area contributed by atoms with Crippen LogP contribution >= 0.6 is 11.8 Å². The van der Waals surface area contributed by atoms with E-state index in [4.69, 9.17) is 11.5 Å². The van der Waals surface area contributed by atoms with Gasteiger partial charge in [0, 0.05) is 4.75 Å². The van der Waals surface area contributed by atoms with Gasteiger partial charge in [-0.05, 0) is 58.1 Å². The van der Waals surface area contributed by atoms with E-state index in [1.165, 1.54) is 107 Å². The molecule has 242 valence electrons. The van der Waals surface area contributed by atoms with Gasteiger partial charge in [-0.25, -0.2) is 4.79 Å². The summed E-state index contributed by atoms with van der Waals surface area (Å²) in [6.07, 6.45) is 23.9. The molecule has 1 aromatic carbocycles. The van der Waals surface area contributed by atoms with Gasteiger partial charge in [0.2, 0.25) is 11.8 Å². The molecule has 0 saturated carbocycles. The maximum atomic E-state index is 12.3. The van der Waals surface area contributed by atoms with Crippen LogP contribution < -0.4 is 16.8 Å². The van der Waals surface area contributed by atoms with Crippen molar-refractivity contribution in [2.24, 2.45) is 11.5 Å². The van der Waals surface area contributed by atoms with Crippen LogP contribution in [-0.2, 0) is 14.4 Å². The van der Waals surface area contributed by atoms with Crippen LogP contribution in [0.15, 0.2) is 42.5 Å². The summed E-state index contributed by atoms with van der Waals surface area (Å²) in [6.45, 7) is 6.72. The summed E-state index contributed by atoms with van der Waals surface area (Å²) in [6, 6.07) is 6.38. The van der Waals surface area contributed by atoms with Gasteiger partial charge in [-0.1, -0.05) is 107 Å². The molecule has 43 heavy (non-hydrogen) atoms. The molecule has 0 unspecified atom stereocenters. The number of β-lactam (4-membered cyclic amide) rings is 1. The number of unbranched alkanes of at least 4 members (excludes halogenated alkanes) is 12. The number of carbonyl (C=O) groups is 3. The van der Waals surface area contributed by atoms with Gasteiger partial charge in [0.1, 0.15) is 23.5 Å². The first-order valence-corrected chi connectivity index (χ1v) is 17.2. The van der Waals surface area contributed by atoms with E-state index in [2.05, 4.69) is 24.4 Å². The lowest BCUT2D eigenvalue weighted by atomic mass is 9.95. The molecule has 9 heteroatoms. The number of aliphatic carboxylic acids is 1. The lowest BCUT2D eigenvalue weighted by molar-refractivity contribution is -0.161. The number of fused-ring (bicyclic) bond motifs is 1. The third-order valence-corrected chi connectivity index (χ3v) is 9.70. The number of amides is 2. The quantitative estimate of drug-likeness (QED) is 0.0813. The minimum absolute atomic E-state index is 0.375. The van der Waals surface area contributed by atoms with Crippen molar-refractivity contribution in [3.05, 3.63) is 48.0 Å². The minimum Gasteiger partial charge on any atom is -0.480 e. The maximum absolute atomic E-state index is 12.3. The molecule has 2 heterocycles. The van der Waals surface area contributed by atoms with Crippen molar-refractivity contribution in [3.8, 4) is 0 Å². The van der Waals surface area contributed by atoms with E-state index in [9.17, 15) is 19.5 Å². The summed E-state index contributed by atoms with van der Waals surface area (Å²) < 4.78 is -0.618. The largest absolute Gasteiger partial charge is 0.480 e. The summed E-state index contributed by atoms with van der Waals surface area (Å²) in [7, 11) is 0. The number of nitrogens with zero attached hydrogens (tertiary/aromatic N) is 1. The highest BCUT2D eigenvalue weighted by atomic mass is 32.2. The van der Waals surface area contributed by atoms with Gasteiger partial charge in [0.05, 0.1) is 0 Å². The van der Waals surface area contributed by atoms with Gasteiger partial charge in [-0.2, -0.15) is 0 Å². The van der Waals surface area contributed by atoms with E-state index < -0.39 is 34.7 Å². The number of nitrogens with two attached hydrogens (primary N) is 2. The average Bonchev–Trinajstić information content (AvgIpc) is 3.25. The van der Waals surface area contributed by atoms with Crippen LogP contribution in [-0.4, -0.2) is 56.5 Å². The Hall–Kier alpha value is -2.36. The van der Waals surface area contributed by atoms with E-state index in [1.54, 1.807) is 38.1 Å². The zero-order chi connectivity index (χ0) is 31.7. The van der Waals surface area contributed by atoms with Gasteiger partial charge < -0.3 is 26.8 Å². The van der Waals surface area contributed by atoms with Crippen molar-refractivity contribution in [2.45, 2.75) is 139 Å². The summed E-state index contributed by atoms with van der Waals surface area (Å²) >= 11 is 1.38.